The number of nitrogens with one attached hydrogen (secondary N) is 1. The second-order valence-electron chi connectivity index (χ2n) is 4.06. The van der Waals surface area contributed by atoms with Crippen molar-refractivity contribution in [3.05, 3.63) is 53.6 Å². The molecule has 0 fully saturated rings. The molecule has 0 aromatic heterocycles. The van der Waals surface area contributed by atoms with Gasteiger partial charge < -0.3 is 11.1 Å². The minimum Gasteiger partial charge on any atom is -0.366 e. The molecule has 2 rings (SSSR count). The lowest BCUT2D eigenvalue weighted by atomic mass is 10.1. The summed E-state index contributed by atoms with van der Waals surface area (Å²) in [6.07, 6.45) is 1.92. The molecule has 2 aromatic carbocycles. The highest BCUT2D eigenvalue weighted by Gasteiger charge is 2.08. The van der Waals surface area contributed by atoms with E-state index >= 15 is 0 Å². The molecule has 0 saturated carbocycles. The van der Waals surface area contributed by atoms with Crippen LogP contribution in [0.15, 0.2) is 47.4 Å². The predicted octanol–water partition coefficient (Wildman–Crippen LogP) is 3.12. The zero-order valence-electron chi connectivity index (χ0n) is 10.9. The van der Waals surface area contributed by atoms with Crippen LogP contribution < -0.4 is 11.1 Å². The van der Waals surface area contributed by atoms with Gasteiger partial charge in [0.1, 0.15) is 6.07 Å². The van der Waals surface area contributed by atoms with Crippen molar-refractivity contribution in [1.82, 2.24) is 0 Å². The molecule has 0 bridgehead atoms. The van der Waals surface area contributed by atoms with Gasteiger partial charge in [-0.3, -0.25) is 4.79 Å². The second kappa shape index (κ2) is 6.13. The SMILES string of the molecule is CSc1cccc(Nc2cccc(C(N)=O)c2)c1C#N. The molecular weight excluding hydrogens is 270 g/mol. The maximum Gasteiger partial charge on any atom is 0.248 e. The number of anilines is 2. The van der Waals surface area contributed by atoms with Gasteiger partial charge in [0.2, 0.25) is 5.91 Å². The number of hydrogen-bond acceptors (Lipinski definition) is 4. The maximum atomic E-state index is 11.2. The lowest BCUT2D eigenvalue weighted by Crippen LogP contribution is -2.10. The van der Waals surface area contributed by atoms with Crippen LogP contribution in [0.3, 0.4) is 0 Å². The van der Waals surface area contributed by atoms with Crippen molar-refractivity contribution in [1.29, 1.82) is 5.26 Å². The number of hydrogen-bond donors (Lipinski definition) is 2. The summed E-state index contributed by atoms with van der Waals surface area (Å²) in [5.74, 6) is -0.480. The highest BCUT2D eigenvalue weighted by molar-refractivity contribution is 7.98. The van der Waals surface area contributed by atoms with Gasteiger partial charge in [-0.1, -0.05) is 12.1 Å². The van der Waals surface area contributed by atoms with E-state index in [1.54, 1.807) is 18.2 Å². The Morgan fingerprint density at radius 3 is 2.70 bits per heavy atom. The van der Waals surface area contributed by atoms with E-state index < -0.39 is 5.91 Å². The Morgan fingerprint density at radius 2 is 2.05 bits per heavy atom. The Morgan fingerprint density at radius 1 is 1.30 bits per heavy atom. The highest BCUT2D eigenvalue weighted by atomic mass is 32.2. The lowest BCUT2D eigenvalue weighted by molar-refractivity contribution is 0.100. The number of thioether (sulfide) groups is 1. The van der Waals surface area contributed by atoms with E-state index in [1.807, 2.05) is 30.5 Å². The Kier molecular flexibility index (Phi) is 4.28. The smallest absolute Gasteiger partial charge is 0.248 e. The average molecular weight is 283 g/mol. The maximum absolute atomic E-state index is 11.2. The molecule has 4 nitrogen and oxygen atoms in total. The van der Waals surface area contributed by atoms with Crippen molar-refractivity contribution < 1.29 is 4.79 Å². The van der Waals surface area contributed by atoms with Crippen LogP contribution in [-0.4, -0.2) is 12.2 Å². The van der Waals surface area contributed by atoms with Gasteiger partial charge in [-0.15, -0.1) is 11.8 Å². The summed E-state index contributed by atoms with van der Waals surface area (Å²) in [6.45, 7) is 0. The third-order valence-electron chi connectivity index (χ3n) is 2.78. The van der Waals surface area contributed by atoms with Crippen molar-refractivity contribution in [2.75, 3.05) is 11.6 Å². The summed E-state index contributed by atoms with van der Waals surface area (Å²) < 4.78 is 0. The van der Waals surface area contributed by atoms with E-state index in [1.165, 1.54) is 11.8 Å². The Hall–Kier alpha value is -2.45. The molecule has 5 heteroatoms. The molecule has 0 saturated heterocycles. The minimum atomic E-state index is -0.480. The summed E-state index contributed by atoms with van der Waals surface area (Å²) in [4.78, 5) is 12.1. The highest BCUT2D eigenvalue weighted by Crippen LogP contribution is 2.28. The Labute approximate surface area is 121 Å². The summed E-state index contributed by atoms with van der Waals surface area (Å²) in [5, 5.41) is 12.4. The minimum absolute atomic E-state index is 0.425. The number of carbonyl (C=O) groups is 1. The van der Waals surface area contributed by atoms with Crippen molar-refractivity contribution in [2.24, 2.45) is 5.73 Å². The van der Waals surface area contributed by atoms with Crippen molar-refractivity contribution in [3.8, 4) is 6.07 Å². The van der Waals surface area contributed by atoms with Gasteiger partial charge in [0.25, 0.3) is 0 Å². The fourth-order valence-electron chi connectivity index (χ4n) is 1.83. The molecule has 0 heterocycles. The first-order chi connectivity index (χ1) is 9.65. The molecule has 2 aromatic rings. The molecule has 0 spiro atoms. The fraction of sp³-hybridized carbons (Fsp3) is 0.0667. The first-order valence-corrected chi connectivity index (χ1v) is 7.12. The van der Waals surface area contributed by atoms with E-state index in [0.29, 0.717) is 16.8 Å². The largest absolute Gasteiger partial charge is 0.366 e. The molecule has 20 heavy (non-hydrogen) atoms. The Bertz CT molecular complexity index is 692. The molecule has 0 aliphatic rings. The van der Waals surface area contributed by atoms with E-state index in [4.69, 9.17) is 5.73 Å². The number of rotatable bonds is 4. The number of carbonyl (C=O) groups excluding carboxylic acids is 1. The fourth-order valence-corrected chi connectivity index (χ4v) is 2.40. The molecular formula is C15H13N3OS. The second-order valence-corrected chi connectivity index (χ2v) is 4.91. The number of nitrogens with two attached hydrogens (primary N) is 1. The molecule has 0 aliphatic heterocycles. The topological polar surface area (TPSA) is 78.9 Å². The zero-order chi connectivity index (χ0) is 14.5. The molecule has 0 unspecified atom stereocenters. The van der Waals surface area contributed by atoms with Crippen molar-refractivity contribution in [3.63, 3.8) is 0 Å². The molecule has 1 amide bonds. The first-order valence-electron chi connectivity index (χ1n) is 5.89. The van der Waals surface area contributed by atoms with Gasteiger partial charge in [0.05, 0.1) is 11.3 Å². The average Bonchev–Trinajstić information content (AvgIpc) is 2.47. The third kappa shape index (κ3) is 2.92. The van der Waals surface area contributed by atoms with Gasteiger partial charge in [-0.05, 0) is 36.6 Å². The third-order valence-corrected chi connectivity index (χ3v) is 3.56. The van der Waals surface area contributed by atoms with Gasteiger partial charge in [0, 0.05) is 16.1 Å². The number of primary amides is 1. The van der Waals surface area contributed by atoms with Crippen LogP contribution in [0.5, 0.6) is 0 Å². The van der Waals surface area contributed by atoms with Crippen LogP contribution >= 0.6 is 11.8 Å². The summed E-state index contributed by atoms with van der Waals surface area (Å²) in [7, 11) is 0. The summed E-state index contributed by atoms with van der Waals surface area (Å²) in [5.41, 5.74) is 7.70. The predicted molar refractivity (Wildman–Crippen MR) is 81.2 cm³/mol. The zero-order valence-corrected chi connectivity index (χ0v) is 11.7. The van der Waals surface area contributed by atoms with E-state index in [2.05, 4.69) is 11.4 Å². The van der Waals surface area contributed by atoms with Crippen LogP contribution in [0.1, 0.15) is 15.9 Å². The van der Waals surface area contributed by atoms with E-state index in [9.17, 15) is 10.1 Å². The van der Waals surface area contributed by atoms with Crippen LogP contribution in [0, 0.1) is 11.3 Å². The van der Waals surface area contributed by atoms with Crippen LogP contribution in [-0.2, 0) is 0 Å². The van der Waals surface area contributed by atoms with Gasteiger partial charge in [0.15, 0.2) is 0 Å². The number of nitrogens with zero attached hydrogens (tertiary/aromatic N) is 1. The summed E-state index contributed by atoms with van der Waals surface area (Å²) >= 11 is 1.52. The van der Waals surface area contributed by atoms with Gasteiger partial charge in [-0.25, -0.2) is 0 Å². The normalized spacial score (nSPS) is 9.80. The molecule has 3 N–H and O–H groups in total. The van der Waals surface area contributed by atoms with Crippen LogP contribution in [0.4, 0.5) is 11.4 Å². The molecule has 0 aliphatic carbocycles. The number of benzene rings is 2. The van der Waals surface area contributed by atoms with Gasteiger partial charge in [-0.2, -0.15) is 5.26 Å². The van der Waals surface area contributed by atoms with Gasteiger partial charge >= 0.3 is 0 Å². The monoisotopic (exact) mass is 283 g/mol. The number of nitriles is 1. The van der Waals surface area contributed by atoms with Crippen LogP contribution in [0.25, 0.3) is 0 Å². The van der Waals surface area contributed by atoms with E-state index in [-0.39, 0.29) is 0 Å². The quantitative estimate of drug-likeness (QED) is 0.845. The number of amides is 1. The van der Waals surface area contributed by atoms with Crippen LogP contribution in [0.2, 0.25) is 0 Å². The van der Waals surface area contributed by atoms with Crippen molar-refractivity contribution in [2.45, 2.75) is 4.90 Å². The molecule has 100 valence electrons. The molecule has 0 radical (unpaired) electrons. The van der Waals surface area contributed by atoms with Crippen molar-refractivity contribution >= 4 is 29.0 Å². The standard InChI is InChI=1S/C15H13N3OS/c1-20-14-7-3-6-13(12(14)9-16)18-11-5-2-4-10(8-11)15(17)19/h2-8,18H,1H3,(H2,17,19). The summed E-state index contributed by atoms with van der Waals surface area (Å²) in [6, 6.07) is 14.7. The first kappa shape index (κ1) is 14.0. The van der Waals surface area contributed by atoms with E-state index in [0.717, 1.165) is 10.6 Å². The Balaban J connectivity index is 2.38. The lowest BCUT2D eigenvalue weighted by Gasteiger charge is -2.11. The molecule has 0 atom stereocenters.